The van der Waals surface area contributed by atoms with Gasteiger partial charge < -0.3 is 19.9 Å². The smallest absolute Gasteiger partial charge is 0.0951 e. The van der Waals surface area contributed by atoms with E-state index in [1.165, 1.54) is 0 Å². The Bertz CT molecular complexity index is 347. The third-order valence-electron chi connectivity index (χ3n) is 3.51. The van der Waals surface area contributed by atoms with Gasteiger partial charge in [0.15, 0.2) is 0 Å². The van der Waals surface area contributed by atoms with Gasteiger partial charge >= 0.3 is 0 Å². The molecule has 0 amide bonds. The number of hydrogen-bond donors (Lipinski definition) is 2. The number of aromatic nitrogens is 2. The number of hydrogen-bond acceptors (Lipinski definition) is 4. The molecule has 0 fully saturated rings. The molecular weight excluding hydrogens is 240 g/mol. The van der Waals surface area contributed by atoms with Gasteiger partial charge in [-0.1, -0.05) is 13.8 Å². The predicted molar refractivity (Wildman–Crippen MR) is 78.2 cm³/mol. The second kappa shape index (κ2) is 8.30. The summed E-state index contributed by atoms with van der Waals surface area (Å²) in [5, 5.41) is 13.0. The molecule has 1 rings (SSSR count). The van der Waals surface area contributed by atoms with Crippen molar-refractivity contribution in [1.29, 1.82) is 0 Å². The number of aliphatic hydroxyl groups is 1. The van der Waals surface area contributed by atoms with Crippen molar-refractivity contribution in [3.05, 3.63) is 18.2 Å². The first-order chi connectivity index (χ1) is 9.13. The van der Waals surface area contributed by atoms with Gasteiger partial charge in [-0.3, -0.25) is 0 Å². The highest BCUT2D eigenvalue weighted by Crippen LogP contribution is 2.16. The SMILES string of the molecule is CCN(CC)CCNC(CO)c1cncn1C(C)C. The lowest BCUT2D eigenvalue weighted by atomic mass is 10.2. The Balaban J connectivity index is 2.56. The first-order valence-electron chi connectivity index (χ1n) is 7.22. The van der Waals surface area contributed by atoms with E-state index in [-0.39, 0.29) is 12.6 Å². The van der Waals surface area contributed by atoms with E-state index in [0.29, 0.717) is 6.04 Å². The largest absolute Gasteiger partial charge is 0.394 e. The maximum absolute atomic E-state index is 9.57. The van der Waals surface area contributed by atoms with Crippen LogP contribution in [-0.2, 0) is 0 Å². The summed E-state index contributed by atoms with van der Waals surface area (Å²) >= 11 is 0. The van der Waals surface area contributed by atoms with Crippen LogP contribution in [0, 0.1) is 0 Å². The van der Waals surface area contributed by atoms with Crippen molar-refractivity contribution in [2.75, 3.05) is 32.8 Å². The Labute approximate surface area is 116 Å². The summed E-state index contributed by atoms with van der Waals surface area (Å²) in [6.45, 7) is 12.7. The molecule has 110 valence electrons. The molecule has 0 aliphatic heterocycles. The lowest BCUT2D eigenvalue weighted by molar-refractivity contribution is 0.227. The fourth-order valence-electron chi connectivity index (χ4n) is 2.22. The predicted octanol–water partition coefficient (Wildman–Crippen LogP) is 1.43. The summed E-state index contributed by atoms with van der Waals surface area (Å²) in [4.78, 5) is 6.55. The topological polar surface area (TPSA) is 53.3 Å². The third kappa shape index (κ3) is 4.60. The average Bonchev–Trinajstić information content (AvgIpc) is 2.88. The Morgan fingerprint density at radius 2 is 2.05 bits per heavy atom. The van der Waals surface area contributed by atoms with Crippen molar-refractivity contribution in [3.63, 3.8) is 0 Å². The molecule has 0 bridgehead atoms. The number of aliphatic hydroxyl groups excluding tert-OH is 1. The molecule has 1 aromatic heterocycles. The molecule has 19 heavy (non-hydrogen) atoms. The van der Waals surface area contributed by atoms with Gasteiger partial charge in [0.2, 0.25) is 0 Å². The first-order valence-corrected chi connectivity index (χ1v) is 7.22. The summed E-state index contributed by atoms with van der Waals surface area (Å²) in [5.74, 6) is 0. The minimum absolute atomic E-state index is 0.0412. The normalized spacial score (nSPS) is 13.4. The number of nitrogens with one attached hydrogen (secondary N) is 1. The maximum atomic E-state index is 9.57. The molecule has 0 spiro atoms. The van der Waals surface area contributed by atoms with E-state index in [2.05, 4.69) is 47.5 Å². The molecule has 0 aliphatic rings. The average molecular weight is 268 g/mol. The number of rotatable bonds is 9. The van der Waals surface area contributed by atoms with Gasteiger partial charge in [0.1, 0.15) is 0 Å². The number of imidazole rings is 1. The molecule has 1 unspecified atom stereocenters. The van der Waals surface area contributed by atoms with Gasteiger partial charge in [-0.2, -0.15) is 0 Å². The van der Waals surface area contributed by atoms with Crippen LogP contribution in [0.4, 0.5) is 0 Å². The molecule has 2 N–H and O–H groups in total. The second-order valence-electron chi connectivity index (χ2n) is 5.04. The van der Waals surface area contributed by atoms with E-state index >= 15 is 0 Å². The van der Waals surface area contributed by atoms with Crippen molar-refractivity contribution < 1.29 is 5.11 Å². The van der Waals surface area contributed by atoms with E-state index in [0.717, 1.165) is 31.9 Å². The Morgan fingerprint density at radius 1 is 1.37 bits per heavy atom. The minimum atomic E-state index is -0.0412. The highest BCUT2D eigenvalue weighted by atomic mass is 16.3. The highest BCUT2D eigenvalue weighted by molar-refractivity contribution is 5.06. The fraction of sp³-hybridized carbons (Fsp3) is 0.786. The van der Waals surface area contributed by atoms with Crippen LogP contribution in [0.15, 0.2) is 12.5 Å². The Morgan fingerprint density at radius 3 is 2.58 bits per heavy atom. The summed E-state index contributed by atoms with van der Waals surface area (Å²) in [5.41, 5.74) is 1.05. The molecule has 1 heterocycles. The molecular formula is C14H28N4O. The van der Waals surface area contributed by atoms with E-state index in [4.69, 9.17) is 0 Å². The van der Waals surface area contributed by atoms with Gasteiger partial charge in [-0.15, -0.1) is 0 Å². The van der Waals surface area contributed by atoms with E-state index in [1.54, 1.807) is 0 Å². The third-order valence-corrected chi connectivity index (χ3v) is 3.51. The van der Waals surface area contributed by atoms with Gasteiger partial charge in [0.25, 0.3) is 0 Å². The molecule has 1 aromatic rings. The molecule has 5 nitrogen and oxygen atoms in total. The van der Waals surface area contributed by atoms with E-state index < -0.39 is 0 Å². The number of likely N-dealkylation sites (N-methyl/N-ethyl adjacent to an activating group) is 1. The van der Waals surface area contributed by atoms with Crippen molar-refractivity contribution in [2.24, 2.45) is 0 Å². The standard InChI is InChI=1S/C14H28N4O/c1-5-17(6-2)8-7-16-13(10-19)14-9-15-11-18(14)12(3)4/h9,11-13,16,19H,5-8,10H2,1-4H3. The lowest BCUT2D eigenvalue weighted by Crippen LogP contribution is -2.35. The minimum Gasteiger partial charge on any atom is -0.394 e. The second-order valence-corrected chi connectivity index (χ2v) is 5.04. The van der Waals surface area contributed by atoms with Gasteiger partial charge in [0.05, 0.1) is 24.7 Å². The van der Waals surface area contributed by atoms with Crippen molar-refractivity contribution in [2.45, 2.75) is 39.8 Å². The van der Waals surface area contributed by atoms with E-state index in [9.17, 15) is 5.11 Å². The lowest BCUT2D eigenvalue weighted by Gasteiger charge is -2.23. The van der Waals surface area contributed by atoms with Crippen LogP contribution in [0.25, 0.3) is 0 Å². The molecule has 0 aromatic carbocycles. The zero-order valence-corrected chi connectivity index (χ0v) is 12.6. The molecule has 1 atom stereocenters. The molecule has 0 saturated carbocycles. The van der Waals surface area contributed by atoms with E-state index in [1.807, 2.05) is 12.5 Å². The van der Waals surface area contributed by atoms with Gasteiger partial charge in [-0.05, 0) is 26.9 Å². The van der Waals surface area contributed by atoms with Crippen LogP contribution in [0.5, 0.6) is 0 Å². The van der Waals surface area contributed by atoms with Crippen molar-refractivity contribution in [3.8, 4) is 0 Å². The van der Waals surface area contributed by atoms with Crippen molar-refractivity contribution in [1.82, 2.24) is 19.8 Å². The van der Waals surface area contributed by atoms with Gasteiger partial charge in [0, 0.05) is 25.3 Å². The quantitative estimate of drug-likeness (QED) is 0.711. The summed E-state index contributed by atoms with van der Waals surface area (Å²) < 4.78 is 2.10. The van der Waals surface area contributed by atoms with Crippen LogP contribution < -0.4 is 5.32 Å². The zero-order chi connectivity index (χ0) is 14.3. The fourth-order valence-corrected chi connectivity index (χ4v) is 2.22. The van der Waals surface area contributed by atoms with Gasteiger partial charge in [-0.25, -0.2) is 4.98 Å². The van der Waals surface area contributed by atoms with Crippen molar-refractivity contribution >= 4 is 0 Å². The van der Waals surface area contributed by atoms with Crippen LogP contribution in [0.3, 0.4) is 0 Å². The zero-order valence-electron chi connectivity index (χ0n) is 12.6. The first kappa shape index (κ1) is 16.1. The maximum Gasteiger partial charge on any atom is 0.0951 e. The summed E-state index contributed by atoms with van der Waals surface area (Å²) in [7, 11) is 0. The Kier molecular flexibility index (Phi) is 7.05. The highest BCUT2D eigenvalue weighted by Gasteiger charge is 2.16. The van der Waals surface area contributed by atoms with Crippen LogP contribution in [0.2, 0.25) is 0 Å². The number of nitrogens with zero attached hydrogens (tertiary/aromatic N) is 3. The monoisotopic (exact) mass is 268 g/mol. The van der Waals surface area contributed by atoms with Crippen LogP contribution in [-0.4, -0.2) is 52.3 Å². The molecule has 0 aliphatic carbocycles. The van der Waals surface area contributed by atoms with Crippen LogP contribution >= 0.6 is 0 Å². The summed E-state index contributed by atoms with van der Waals surface area (Å²) in [6.07, 6.45) is 3.67. The molecule has 0 radical (unpaired) electrons. The molecule has 5 heteroatoms. The van der Waals surface area contributed by atoms with Crippen LogP contribution in [0.1, 0.15) is 45.5 Å². The summed E-state index contributed by atoms with van der Waals surface area (Å²) in [6, 6.07) is 0.316. The molecule has 0 saturated heterocycles. The Hall–Kier alpha value is -0.910.